The van der Waals surface area contributed by atoms with E-state index in [2.05, 4.69) is 45.0 Å². The van der Waals surface area contributed by atoms with E-state index in [1.807, 2.05) is 0 Å². The highest BCUT2D eigenvalue weighted by atomic mass is 15.1. The number of likely N-dealkylation sites (N-methyl/N-ethyl adjacent to an activating group) is 1. The average molecular weight is 214 g/mol. The van der Waals surface area contributed by atoms with Gasteiger partial charge in [-0.1, -0.05) is 27.7 Å². The lowest BCUT2D eigenvalue weighted by Gasteiger charge is -2.18. The fourth-order valence-electron chi connectivity index (χ4n) is 1.38. The minimum absolute atomic E-state index is 0.816. The first kappa shape index (κ1) is 14.9. The van der Waals surface area contributed by atoms with Gasteiger partial charge in [-0.05, 0) is 44.8 Å². The molecule has 0 fully saturated rings. The van der Waals surface area contributed by atoms with Crippen molar-refractivity contribution in [3.8, 4) is 0 Å². The van der Waals surface area contributed by atoms with Gasteiger partial charge in [0.1, 0.15) is 0 Å². The van der Waals surface area contributed by atoms with Gasteiger partial charge in [0, 0.05) is 13.1 Å². The first-order valence-corrected chi connectivity index (χ1v) is 6.41. The summed E-state index contributed by atoms with van der Waals surface area (Å²) in [6, 6.07) is 0. The maximum absolute atomic E-state index is 3.49. The molecule has 0 spiro atoms. The van der Waals surface area contributed by atoms with E-state index in [-0.39, 0.29) is 0 Å². The van der Waals surface area contributed by atoms with Gasteiger partial charge in [-0.2, -0.15) is 0 Å². The highest BCUT2D eigenvalue weighted by molar-refractivity contribution is 4.57. The molecule has 0 saturated carbocycles. The Morgan fingerprint density at radius 3 is 2.00 bits per heavy atom. The fourth-order valence-corrected chi connectivity index (χ4v) is 1.38. The van der Waals surface area contributed by atoms with Crippen LogP contribution in [0.25, 0.3) is 0 Å². The summed E-state index contributed by atoms with van der Waals surface area (Å²) in [6.07, 6.45) is 2.60. The SMILES string of the molecule is CC(C)CCNCCN(C)CCC(C)C. The Morgan fingerprint density at radius 2 is 1.47 bits per heavy atom. The Balaban J connectivity index is 3.20. The minimum Gasteiger partial charge on any atom is -0.315 e. The number of rotatable bonds is 9. The summed E-state index contributed by atoms with van der Waals surface area (Å²) in [5, 5.41) is 3.49. The van der Waals surface area contributed by atoms with Crippen LogP contribution in [0.5, 0.6) is 0 Å². The van der Waals surface area contributed by atoms with E-state index in [1.54, 1.807) is 0 Å². The molecule has 15 heavy (non-hydrogen) atoms. The van der Waals surface area contributed by atoms with Gasteiger partial charge in [0.05, 0.1) is 0 Å². The van der Waals surface area contributed by atoms with E-state index in [0.29, 0.717) is 0 Å². The van der Waals surface area contributed by atoms with E-state index in [0.717, 1.165) is 24.9 Å². The summed E-state index contributed by atoms with van der Waals surface area (Å²) in [6.45, 7) is 13.8. The molecule has 0 amide bonds. The van der Waals surface area contributed by atoms with Crippen LogP contribution in [0.15, 0.2) is 0 Å². The summed E-state index contributed by atoms with van der Waals surface area (Å²) >= 11 is 0. The highest BCUT2D eigenvalue weighted by Gasteiger charge is 2.00. The van der Waals surface area contributed by atoms with Crippen LogP contribution in [0.2, 0.25) is 0 Å². The molecule has 0 heterocycles. The molecule has 0 aliphatic heterocycles. The summed E-state index contributed by atoms with van der Waals surface area (Å²) in [4.78, 5) is 2.42. The Labute approximate surface area is 96.4 Å². The van der Waals surface area contributed by atoms with E-state index >= 15 is 0 Å². The van der Waals surface area contributed by atoms with Crippen LogP contribution in [0.3, 0.4) is 0 Å². The Bertz CT molecular complexity index is 132. The third-order valence-corrected chi connectivity index (χ3v) is 2.66. The fraction of sp³-hybridized carbons (Fsp3) is 1.00. The highest BCUT2D eigenvalue weighted by Crippen LogP contribution is 2.00. The second-order valence-electron chi connectivity index (χ2n) is 5.42. The van der Waals surface area contributed by atoms with Gasteiger partial charge >= 0.3 is 0 Å². The molecular weight excluding hydrogens is 184 g/mol. The molecule has 0 atom stereocenters. The molecule has 92 valence electrons. The van der Waals surface area contributed by atoms with Crippen molar-refractivity contribution in [2.45, 2.75) is 40.5 Å². The number of hydrogen-bond acceptors (Lipinski definition) is 2. The standard InChI is InChI=1S/C13H30N2/c1-12(2)6-8-14-9-11-15(5)10-7-13(3)4/h12-14H,6-11H2,1-5H3. The largest absolute Gasteiger partial charge is 0.315 e. The number of nitrogens with zero attached hydrogens (tertiary/aromatic N) is 1. The second kappa shape index (κ2) is 9.17. The molecule has 0 bridgehead atoms. The lowest BCUT2D eigenvalue weighted by atomic mass is 10.1. The van der Waals surface area contributed by atoms with Gasteiger partial charge in [0.2, 0.25) is 0 Å². The quantitative estimate of drug-likeness (QED) is 0.594. The Hall–Kier alpha value is -0.0800. The van der Waals surface area contributed by atoms with Crippen LogP contribution in [-0.4, -0.2) is 38.1 Å². The molecule has 1 N–H and O–H groups in total. The van der Waals surface area contributed by atoms with Crippen LogP contribution < -0.4 is 5.32 Å². The number of nitrogens with one attached hydrogen (secondary N) is 1. The van der Waals surface area contributed by atoms with Crippen LogP contribution >= 0.6 is 0 Å². The normalized spacial score (nSPS) is 12.0. The van der Waals surface area contributed by atoms with E-state index in [4.69, 9.17) is 0 Å². The summed E-state index contributed by atoms with van der Waals surface area (Å²) < 4.78 is 0. The summed E-state index contributed by atoms with van der Waals surface area (Å²) in [5.74, 6) is 1.64. The molecule has 2 heteroatoms. The van der Waals surface area contributed by atoms with Crippen molar-refractivity contribution in [1.29, 1.82) is 0 Å². The second-order valence-corrected chi connectivity index (χ2v) is 5.42. The molecule has 0 unspecified atom stereocenters. The average Bonchev–Trinajstić information content (AvgIpc) is 2.13. The molecule has 0 radical (unpaired) electrons. The first-order valence-electron chi connectivity index (χ1n) is 6.41. The zero-order valence-electron chi connectivity index (χ0n) is 11.3. The topological polar surface area (TPSA) is 15.3 Å². The molecule has 0 aliphatic rings. The van der Waals surface area contributed by atoms with E-state index < -0.39 is 0 Å². The third-order valence-electron chi connectivity index (χ3n) is 2.66. The lowest BCUT2D eigenvalue weighted by Crippen LogP contribution is -2.31. The zero-order valence-corrected chi connectivity index (χ0v) is 11.3. The van der Waals surface area contributed by atoms with Crippen molar-refractivity contribution in [3.63, 3.8) is 0 Å². The number of hydrogen-bond donors (Lipinski definition) is 1. The maximum atomic E-state index is 3.49. The third kappa shape index (κ3) is 11.8. The first-order chi connectivity index (χ1) is 7.02. The van der Waals surface area contributed by atoms with Crippen molar-refractivity contribution < 1.29 is 0 Å². The zero-order chi connectivity index (χ0) is 11.7. The van der Waals surface area contributed by atoms with E-state index in [1.165, 1.54) is 25.9 Å². The summed E-state index contributed by atoms with van der Waals surface area (Å²) in [5.41, 5.74) is 0. The smallest absolute Gasteiger partial charge is 0.0104 e. The molecule has 0 aliphatic carbocycles. The van der Waals surface area contributed by atoms with Crippen molar-refractivity contribution in [2.24, 2.45) is 11.8 Å². The maximum Gasteiger partial charge on any atom is 0.0104 e. The minimum atomic E-state index is 0.816. The molecule has 0 rings (SSSR count). The predicted molar refractivity (Wildman–Crippen MR) is 69.3 cm³/mol. The van der Waals surface area contributed by atoms with E-state index in [9.17, 15) is 0 Å². The van der Waals surface area contributed by atoms with Crippen molar-refractivity contribution in [3.05, 3.63) is 0 Å². The van der Waals surface area contributed by atoms with Gasteiger partial charge in [0.25, 0.3) is 0 Å². The van der Waals surface area contributed by atoms with Gasteiger partial charge < -0.3 is 10.2 Å². The Morgan fingerprint density at radius 1 is 0.867 bits per heavy atom. The van der Waals surface area contributed by atoms with Crippen molar-refractivity contribution in [2.75, 3.05) is 33.2 Å². The van der Waals surface area contributed by atoms with Gasteiger partial charge in [-0.3, -0.25) is 0 Å². The van der Waals surface area contributed by atoms with Gasteiger partial charge in [0.15, 0.2) is 0 Å². The molecule has 0 aromatic heterocycles. The monoisotopic (exact) mass is 214 g/mol. The van der Waals surface area contributed by atoms with Crippen LogP contribution in [0.4, 0.5) is 0 Å². The van der Waals surface area contributed by atoms with Gasteiger partial charge in [-0.15, -0.1) is 0 Å². The Kier molecular flexibility index (Phi) is 9.12. The van der Waals surface area contributed by atoms with Crippen LogP contribution in [0, 0.1) is 11.8 Å². The van der Waals surface area contributed by atoms with Crippen LogP contribution in [-0.2, 0) is 0 Å². The van der Waals surface area contributed by atoms with Crippen molar-refractivity contribution in [1.82, 2.24) is 10.2 Å². The molecule has 0 aromatic rings. The van der Waals surface area contributed by atoms with Gasteiger partial charge in [-0.25, -0.2) is 0 Å². The molecule has 2 nitrogen and oxygen atoms in total. The molecule has 0 saturated heterocycles. The van der Waals surface area contributed by atoms with Crippen molar-refractivity contribution >= 4 is 0 Å². The summed E-state index contributed by atoms with van der Waals surface area (Å²) in [7, 11) is 2.21. The van der Waals surface area contributed by atoms with Crippen LogP contribution in [0.1, 0.15) is 40.5 Å². The molecule has 0 aromatic carbocycles. The molecular formula is C13H30N2. The lowest BCUT2D eigenvalue weighted by molar-refractivity contribution is 0.308. The predicted octanol–water partition coefficient (Wildman–Crippen LogP) is 2.60.